The van der Waals surface area contributed by atoms with Crippen LogP contribution in [-0.2, 0) is 26.0 Å². The van der Waals surface area contributed by atoms with E-state index in [-0.39, 0.29) is 23.0 Å². The fraction of sp³-hybridized carbons (Fsp3) is 0.300. The zero-order chi connectivity index (χ0) is 21.6. The number of hydrazone groups is 1. The number of amides is 1. The van der Waals surface area contributed by atoms with Crippen LogP contribution in [0.4, 0.5) is 0 Å². The minimum Gasteiger partial charge on any atom is -0.507 e. The summed E-state index contributed by atoms with van der Waals surface area (Å²) in [5.74, 6) is -0.228. The number of carbonyl (C=O) groups excluding carboxylic acids is 1. The average molecular weight is 496 g/mol. The van der Waals surface area contributed by atoms with Gasteiger partial charge in [0.25, 0.3) is 0 Å². The third-order valence-electron chi connectivity index (χ3n) is 4.55. The van der Waals surface area contributed by atoms with Crippen molar-refractivity contribution in [2.24, 2.45) is 5.10 Å². The molecule has 30 heavy (non-hydrogen) atoms. The topological polar surface area (TPSA) is 108 Å². The highest BCUT2D eigenvalue weighted by molar-refractivity contribution is 9.10. The van der Waals surface area contributed by atoms with Gasteiger partial charge in [-0.25, -0.2) is 13.8 Å². The van der Waals surface area contributed by atoms with Gasteiger partial charge >= 0.3 is 0 Å². The van der Waals surface area contributed by atoms with Crippen molar-refractivity contribution in [3.63, 3.8) is 0 Å². The first-order chi connectivity index (χ1) is 14.4. The Morgan fingerprint density at radius 1 is 1.20 bits per heavy atom. The lowest BCUT2D eigenvalue weighted by Crippen LogP contribution is -2.40. The molecule has 0 atom stereocenters. The average Bonchev–Trinajstić information content (AvgIpc) is 2.75. The van der Waals surface area contributed by atoms with Gasteiger partial charge in [-0.2, -0.15) is 9.41 Å². The molecule has 1 heterocycles. The fourth-order valence-electron chi connectivity index (χ4n) is 2.88. The Balaban J connectivity index is 1.51. The first kappa shape index (κ1) is 22.4. The highest BCUT2D eigenvalue weighted by Crippen LogP contribution is 2.20. The van der Waals surface area contributed by atoms with Crippen molar-refractivity contribution < 1.29 is 23.1 Å². The summed E-state index contributed by atoms with van der Waals surface area (Å²) in [6.45, 7) is 1.50. The smallest absolute Gasteiger partial charge is 0.243 e. The van der Waals surface area contributed by atoms with E-state index in [2.05, 4.69) is 26.5 Å². The molecule has 8 nitrogen and oxygen atoms in total. The van der Waals surface area contributed by atoms with Gasteiger partial charge in [0, 0.05) is 29.5 Å². The third kappa shape index (κ3) is 5.88. The third-order valence-corrected chi connectivity index (χ3v) is 6.96. The molecule has 160 valence electrons. The molecular formula is C20H22BrN3O5S. The largest absolute Gasteiger partial charge is 0.507 e. The van der Waals surface area contributed by atoms with Crippen molar-refractivity contribution in [3.05, 3.63) is 58.1 Å². The van der Waals surface area contributed by atoms with E-state index in [1.165, 1.54) is 16.6 Å². The van der Waals surface area contributed by atoms with Crippen molar-refractivity contribution in [3.8, 4) is 5.75 Å². The maximum atomic E-state index is 12.6. The summed E-state index contributed by atoms with van der Waals surface area (Å²) in [4.78, 5) is 12.2. The van der Waals surface area contributed by atoms with Gasteiger partial charge in [-0.15, -0.1) is 0 Å². The molecule has 10 heteroatoms. The van der Waals surface area contributed by atoms with Gasteiger partial charge in [-0.1, -0.05) is 28.1 Å². The van der Waals surface area contributed by atoms with Crippen LogP contribution in [0.15, 0.2) is 56.9 Å². The minimum atomic E-state index is -3.52. The van der Waals surface area contributed by atoms with Crippen molar-refractivity contribution >= 4 is 38.1 Å². The second kappa shape index (κ2) is 10.2. The Morgan fingerprint density at radius 3 is 2.60 bits per heavy atom. The van der Waals surface area contributed by atoms with Gasteiger partial charge in [0.1, 0.15) is 5.75 Å². The van der Waals surface area contributed by atoms with E-state index in [0.29, 0.717) is 38.3 Å². The zero-order valence-electron chi connectivity index (χ0n) is 16.1. The molecule has 0 bridgehead atoms. The predicted molar refractivity (Wildman–Crippen MR) is 116 cm³/mol. The minimum absolute atomic E-state index is 0.0586. The predicted octanol–water partition coefficient (Wildman–Crippen LogP) is 2.26. The summed E-state index contributed by atoms with van der Waals surface area (Å²) in [6.07, 6.45) is 2.00. The first-order valence-electron chi connectivity index (χ1n) is 9.33. The maximum Gasteiger partial charge on any atom is 0.243 e. The fourth-order valence-corrected chi connectivity index (χ4v) is 4.67. The van der Waals surface area contributed by atoms with Crippen LogP contribution < -0.4 is 5.43 Å². The number of hydrogen-bond acceptors (Lipinski definition) is 6. The highest BCUT2D eigenvalue weighted by Gasteiger charge is 2.26. The van der Waals surface area contributed by atoms with Gasteiger partial charge in [-0.3, -0.25) is 4.79 Å². The molecule has 3 rings (SSSR count). The van der Waals surface area contributed by atoms with Crippen LogP contribution in [0.5, 0.6) is 5.75 Å². The molecule has 0 aliphatic carbocycles. The van der Waals surface area contributed by atoms with Gasteiger partial charge < -0.3 is 9.84 Å². The highest BCUT2D eigenvalue weighted by atomic mass is 79.9. The number of sulfonamides is 1. The van der Waals surface area contributed by atoms with E-state index in [4.69, 9.17) is 4.74 Å². The Labute approximate surface area is 183 Å². The number of aryl methyl sites for hydroxylation is 1. The molecule has 0 spiro atoms. The summed E-state index contributed by atoms with van der Waals surface area (Å²) in [7, 11) is -3.52. The Hall–Kier alpha value is -2.27. The molecule has 0 aromatic heterocycles. The number of phenols is 1. The number of hydrogen-bond donors (Lipinski definition) is 2. The van der Waals surface area contributed by atoms with E-state index >= 15 is 0 Å². The number of phenolic OH excluding ortho intramolecular Hbond substituents is 1. The quantitative estimate of drug-likeness (QED) is 0.452. The molecule has 0 radical (unpaired) electrons. The SMILES string of the molecule is O=C(CCc1ccc(S(=O)(=O)N2CCOCC2)cc1)N/N=C/c1cc(Br)ccc1O. The molecule has 1 saturated heterocycles. The number of nitrogens with one attached hydrogen (secondary N) is 1. The van der Waals surface area contributed by atoms with Crippen molar-refractivity contribution in [1.82, 2.24) is 9.73 Å². The Kier molecular flexibility index (Phi) is 7.59. The van der Waals surface area contributed by atoms with Crippen molar-refractivity contribution in [2.75, 3.05) is 26.3 Å². The van der Waals surface area contributed by atoms with Gasteiger partial charge in [-0.05, 0) is 42.3 Å². The van der Waals surface area contributed by atoms with E-state index in [1.807, 2.05) is 0 Å². The Bertz CT molecular complexity index is 1020. The molecular weight excluding hydrogens is 474 g/mol. The first-order valence-corrected chi connectivity index (χ1v) is 11.6. The number of halogens is 1. The van der Waals surface area contributed by atoms with Crippen LogP contribution in [0.2, 0.25) is 0 Å². The van der Waals surface area contributed by atoms with Crippen LogP contribution in [0.1, 0.15) is 17.5 Å². The van der Waals surface area contributed by atoms with Crippen LogP contribution in [0.3, 0.4) is 0 Å². The Morgan fingerprint density at radius 2 is 1.90 bits per heavy atom. The second-order valence-corrected chi connectivity index (χ2v) is 9.51. The van der Waals surface area contributed by atoms with Gasteiger partial charge in [0.15, 0.2) is 0 Å². The van der Waals surface area contributed by atoms with Gasteiger partial charge in [0.05, 0.1) is 24.3 Å². The van der Waals surface area contributed by atoms with E-state index < -0.39 is 10.0 Å². The molecule has 1 aliphatic rings. The number of ether oxygens (including phenoxy) is 1. The molecule has 1 aliphatic heterocycles. The normalized spacial score (nSPS) is 15.4. The van der Waals surface area contributed by atoms with Crippen LogP contribution in [-0.4, -0.2) is 56.3 Å². The van der Waals surface area contributed by atoms with Crippen LogP contribution >= 0.6 is 15.9 Å². The molecule has 1 fully saturated rings. The lowest BCUT2D eigenvalue weighted by molar-refractivity contribution is -0.121. The van der Waals surface area contributed by atoms with Crippen molar-refractivity contribution in [2.45, 2.75) is 17.7 Å². The number of morpholine rings is 1. The summed E-state index contributed by atoms with van der Waals surface area (Å²) in [5.41, 5.74) is 3.74. The van der Waals surface area contributed by atoms with E-state index in [0.717, 1.165) is 10.0 Å². The number of benzene rings is 2. The number of aromatic hydroxyl groups is 1. The molecule has 2 aromatic rings. The summed E-state index contributed by atoms with van der Waals surface area (Å²) < 4.78 is 32.6. The summed E-state index contributed by atoms with van der Waals surface area (Å²) in [5, 5.41) is 13.6. The lowest BCUT2D eigenvalue weighted by atomic mass is 10.1. The number of rotatable bonds is 7. The van der Waals surface area contributed by atoms with Crippen LogP contribution in [0.25, 0.3) is 0 Å². The van der Waals surface area contributed by atoms with Crippen LogP contribution in [0, 0.1) is 0 Å². The number of nitrogens with zero attached hydrogens (tertiary/aromatic N) is 2. The van der Waals surface area contributed by atoms with E-state index in [1.54, 1.807) is 36.4 Å². The van der Waals surface area contributed by atoms with Gasteiger partial charge in [0.2, 0.25) is 15.9 Å². The molecule has 0 saturated carbocycles. The zero-order valence-corrected chi connectivity index (χ0v) is 18.5. The summed E-state index contributed by atoms with van der Waals surface area (Å²) >= 11 is 3.30. The molecule has 2 N–H and O–H groups in total. The monoisotopic (exact) mass is 495 g/mol. The van der Waals surface area contributed by atoms with Crippen molar-refractivity contribution in [1.29, 1.82) is 0 Å². The molecule has 0 unspecified atom stereocenters. The number of carbonyl (C=O) groups is 1. The lowest BCUT2D eigenvalue weighted by Gasteiger charge is -2.26. The van der Waals surface area contributed by atoms with E-state index in [9.17, 15) is 18.3 Å². The summed E-state index contributed by atoms with van der Waals surface area (Å²) in [6, 6.07) is 11.4. The second-order valence-electron chi connectivity index (χ2n) is 6.66. The molecule has 1 amide bonds. The maximum absolute atomic E-state index is 12.6. The standard InChI is InChI=1S/C20H22BrN3O5S/c21-17-4-7-19(25)16(13-17)14-22-23-20(26)8-3-15-1-5-18(6-2-15)30(27,28)24-9-11-29-12-10-24/h1-2,4-7,13-14,25H,3,8-12H2,(H,23,26)/b22-14+. The molecule has 2 aromatic carbocycles.